The van der Waals surface area contributed by atoms with Gasteiger partial charge in [0, 0.05) is 39.3 Å². The van der Waals surface area contributed by atoms with E-state index in [1.54, 1.807) is 6.33 Å². The zero-order valence-corrected chi connectivity index (χ0v) is 12.1. The number of nitrogens with zero attached hydrogens (tertiary/aromatic N) is 5. The van der Waals surface area contributed by atoms with Gasteiger partial charge in [-0.05, 0) is 19.4 Å². The second-order valence-corrected chi connectivity index (χ2v) is 5.25. The summed E-state index contributed by atoms with van der Waals surface area (Å²) in [6.45, 7) is 8.43. The average molecular weight is 266 g/mol. The molecule has 2 rings (SSSR count). The maximum absolute atomic E-state index is 5.69. The summed E-state index contributed by atoms with van der Waals surface area (Å²) in [5.74, 6) is 1.04. The monoisotopic (exact) mass is 266 g/mol. The summed E-state index contributed by atoms with van der Waals surface area (Å²) in [5, 5.41) is 4.12. The van der Waals surface area contributed by atoms with Crippen molar-refractivity contribution >= 4 is 0 Å². The van der Waals surface area contributed by atoms with Crippen molar-refractivity contribution in [2.24, 2.45) is 12.8 Å². The van der Waals surface area contributed by atoms with E-state index in [9.17, 15) is 0 Å². The predicted octanol–water partition coefficient (Wildman–Crippen LogP) is 0.0601. The first-order chi connectivity index (χ1) is 9.24. The minimum absolute atomic E-state index is 0.655. The molecule has 0 amide bonds. The number of piperazine rings is 1. The molecule has 108 valence electrons. The number of hydrogen-bond acceptors (Lipinski definition) is 5. The van der Waals surface area contributed by atoms with Gasteiger partial charge in [0.2, 0.25) is 0 Å². The van der Waals surface area contributed by atoms with Gasteiger partial charge in [0.1, 0.15) is 12.2 Å². The fourth-order valence-corrected chi connectivity index (χ4v) is 2.79. The van der Waals surface area contributed by atoms with Gasteiger partial charge >= 0.3 is 0 Å². The third-order valence-corrected chi connectivity index (χ3v) is 4.06. The van der Waals surface area contributed by atoms with E-state index in [1.807, 2.05) is 11.7 Å². The number of aryl methyl sites for hydroxylation is 1. The van der Waals surface area contributed by atoms with Crippen LogP contribution in [-0.2, 0) is 13.6 Å². The molecule has 0 saturated carbocycles. The number of hydrogen-bond donors (Lipinski definition) is 1. The molecule has 2 heterocycles. The summed E-state index contributed by atoms with van der Waals surface area (Å²) in [4.78, 5) is 9.33. The Kier molecular flexibility index (Phi) is 5.30. The summed E-state index contributed by atoms with van der Waals surface area (Å²) in [7, 11) is 1.95. The van der Waals surface area contributed by atoms with Crippen molar-refractivity contribution in [3.63, 3.8) is 0 Å². The van der Waals surface area contributed by atoms with Crippen LogP contribution >= 0.6 is 0 Å². The van der Waals surface area contributed by atoms with Gasteiger partial charge in [-0.3, -0.25) is 14.5 Å². The zero-order chi connectivity index (χ0) is 13.7. The molecular formula is C13H26N6. The molecule has 0 spiro atoms. The largest absolute Gasteiger partial charge is 0.330 e. The minimum Gasteiger partial charge on any atom is -0.330 e. The molecule has 1 aromatic heterocycles. The lowest BCUT2D eigenvalue weighted by molar-refractivity contribution is 0.0850. The summed E-state index contributed by atoms with van der Waals surface area (Å²) in [6, 6.07) is 0.655. The summed E-state index contributed by atoms with van der Waals surface area (Å²) in [6.07, 6.45) is 3.93. The molecule has 6 heteroatoms. The second kappa shape index (κ2) is 6.98. The molecule has 0 radical (unpaired) electrons. The van der Waals surface area contributed by atoms with E-state index < -0.39 is 0 Å². The third-order valence-electron chi connectivity index (χ3n) is 4.06. The Balaban J connectivity index is 1.80. The van der Waals surface area contributed by atoms with Crippen LogP contribution in [0.3, 0.4) is 0 Å². The Morgan fingerprint density at radius 3 is 2.58 bits per heavy atom. The first-order valence-corrected chi connectivity index (χ1v) is 7.24. The zero-order valence-electron chi connectivity index (χ0n) is 12.1. The second-order valence-electron chi connectivity index (χ2n) is 5.25. The first-order valence-electron chi connectivity index (χ1n) is 7.24. The Labute approximate surface area is 115 Å². The third kappa shape index (κ3) is 3.75. The Morgan fingerprint density at radius 1 is 1.32 bits per heavy atom. The Hall–Kier alpha value is -0.980. The lowest BCUT2D eigenvalue weighted by Crippen LogP contribution is -2.50. The van der Waals surface area contributed by atoms with Crippen LogP contribution in [0.25, 0.3) is 0 Å². The van der Waals surface area contributed by atoms with E-state index in [2.05, 4.69) is 26.8 Å². The van der Waals surface area contributed by atoms with E-state index in [-0.39, 0.29) is 0 Å². The first kappa shape index (κ1) is 14.4. The average Bonchev–Trinajstić information content (AvgIpc) is 2.83. The molecule has 2 N–H and O–H groups in total. The van der Waals surface area contributed by atoms with E-state index in [1.165, 1.54) is 6.42 Å². The molecule has 19 heavy (non-hydrogen) atoms. The standard InChI is InChI=1S/C13H26N6/c1-3-12(4-5-14)19-8-6-18(7-9-19)10-13-15-11-16-17(13)2/h11-12H,3-10,14H2,1-2H3. The smallest absolute Gasteiger partial charge is 0.140 e. The van der Waals surface area contributed by atoms with Gasteiger partial charge in [-0.1, -0.05) is 6.92 Å². The maximum atomic E-state index is 5.69. The normalized spacial score (nSPS) is 19.7. The van der Waals surface area contributed by atoms with Crippen molar-refractivity contribution in [1.82, 2.24) is 24.6 Å². The van der Waals surface area contributed by atoms with E-state index in [4.69, 9.17) is 5.73 Å². The van der Waals surface area contributed by atoms with Crippen molar-refractivity contribution in [2.75, 3.05) is 32.7 Å². The topological polar surface area (TPSA) is 63.2 Å². The molecule has 1 atom stereocenters. The molecule has 0 aromatic carbocycles. The number of rotatable bonds is 6. The quantitative estimate of drug-likeness (QED) is 0.789. The Bertz CT molecular complexity index is 369. The van der Waals surface area contributed by atoms with Gasteiger partial charge in [0.15, 0.2) is 0 Å². The highest BCUT2D eigenvalue weighted by Gasteiger charge is 2.22. The van der Waals surface area contributed by atoms with Gasteiger partial charge in [0.25, 0.3) is 0 Å². The summed E-state index contributed by atoms with van der Waals surface area (Å²) in [5.41, 5.74) is 5.69. The van der Waals surface area contributed by atoms with Gasteiger partial charge in [-0.15, -0.1) is 0 Å². The van der Waals surface area contributed by atoms with Crippen molar-refractivity contribution in [3.05, 3.63) is 12.2 Å². The fraction of sp³-hybridized carbons (Fsp3) is 0.846. The van der Waals surface area contributed by atoms with Gasteiger partial charge in [-0.25, -0.2) is 4.98 Å². The highest BCUT2D eigenvalue weighted by atomic mass is 15.3. The molecule has 1 aliphatic heterocycles. The van der Waals surface area contributed by atoms with E-state index in [0.29, 0.717) is 6.04 Å². The van der Waals surface area contributed by atoms with Gasteiger partial charge < -0.3 is 5.73 Å². The lowest BCUT2D eigenvalue weighted by atomic mass is 10.1. The molecule has 1 unspecified atom stereocenters. The number of nitrogens with two attached hydrogens (primary N) is 1. The molecule has 1 saturated heterocycles. The molecule has 1 aliphatic rings. The van der Waals surface area contributed by atoms with Crippen LogP contribution in [0.5, 0.6) is 0 Å². The molecule has 1 fully saturated rings. The molecule has 0 aliphatic carbocycles. The predicted molar refractivity (Wildman–Crippen MR) is 75.6 cm³/mol. The van der Waals surface area contributed by atoms with Crippen LogP contribution in [0.2, 0.25) is 0 Å². The SMILES string of the molecule is CCC(CCN)N1CCN(Cc2ncnn2C)CC1. The van der Waals surface area contributed by atoms with Gasteiger partial charge in [0.05, 0.1) is 6.54 Å². The molecule has 0 bridgehead atoms. The summed E-state index contributed by atoms with van der Waals surface area (Å²) < 4.78 is 1.86. The van der Waals surface area contributed by atoms with Crippen molar-refractivity contribution in [1.29, 1.82) is 0 Å². The van der Waals surface area contributed by atoms with Crippen molar-refractivity contribution < 1.29 is 0 Å². The highest BCUT2D eigenvalue weighted by Crippen LogP contribution is 2.13. The van der Waals surface area contributed by atoms with Gasteiger partial charge in [-0.2, -0.15) is 5.10 Å². The highest BCUT2D eigenvalue weighted by molar-refractivity contribution is 4.86. The molecular weight excluding hydrogens is 240 g/mol. The van der Waals surface area contributed by atoms with Crippen LogP contribution in [0.4, 0.5) is 0 Å². The molecule has 6 nitrogen and oxygen atoms in total. The van der Waals surface area contributed by atoms with E-state index in [0.717, 1.165) is 51.5 Å². The Morgan fingerprint density at radius 2 is 2.05 bits per heavy atom. The van der Waals surface area contributed by atoms with Crippen LogP contribution in [0.1, 0.15) is 25.6 Å². The van der Waals surface area contributed by atoms with Crippen LogP contribution < -0.4 is 5.73 Å². The van der Waals surface area contributed by atoms with Crippen LogP contribution in [-0.4, -0.2) is 63.3 Å². The minimum atomic E-state index is 0.655. The summed E-state index contributed by atoms with van der Waals surface area (Å²) >= 11 is 0. The van der Waals surface area contributed by atoms with Crippen LogP contribution in [0, 0.1) is 0 Å². The number of aromatic nitrogens is 3. The van der Waals surface area contributed by atoms with Crippen molar-refractivity contribution in [3.8, 4) is 0 Å². The maximum Gasteiger partial charge on any atom is 0.140 e. The van der Waals surface area contributed by atoms with Crippen molar-refractivity contribution in [2.45, 2.75) is 32.4 Å². The lowest BCUT2D eigenvalue weighted by Gasteiger charge is -2.38. The van der Waals surface area contributed by atoms with Crippen LogP contribution in [0.15, 0.2) is 6.33 Å². The molecule has 1 aromatic rings. The van der Waals surface area contributed by atoms with E-state index >= 15 is 0 Å². The fourth-order valence-electron chi connectivity index (χ4n) is 2.79.